The number of benzene rings is 1. The smallest absolute Gasteiger partial charge is 0.350 e. The van der Waals surface area contributed by atoms with Crippen LogP contribution in [0.5, 0.6) is 0 Å². The third kappa shape index (κ3) is 1.79. The van der Waals surface area contributed by atoms with Crippen LogP contribution in [0.3, 0.4) is 0 Å². The monoisotopic (exact) mass is 255 g/mol. The number of H-pyrrole nitrogens is 1. The molecule has 2 aromatic rings. The molecule has 0 saturated heterocycles. The number of hydrogen-bond acceptors (Lipinski definition) is 1. The van der Waals surface area contributed by atoms with Crippen LogP contribution >= 0.6 is 0 Å². The summed E-state index contributed by atoms with van der Waals surface area (Å²) >= 11 is 0. The molecule has 0 unspecified atom stereocenters. The highest BCUT2D eigenvalue weighted by atomic mass is 19.4. The van der Waals surface area contributed by atoms with Crippen LogP contribution in [-0.4, -0.2) is 4.98 Å². The van der Waals surface area contributed by atoms with Crippen LogP contribution in [0, 0.1) is 20.8 Å². The molecule has 2 rings (SSSR count). The summed E-state index contributed by atoms with van der Waals surface area (Å²) in [5.41, 5.74) is -0.0609. The van der Waals surface area contributed by atoms with Gasteiger partial charge in [-0.3, -0.25) is 4.79 Å². The molecule has 0 aliphatic rings. The van der Waals surface area contributed by atoms with Gasteiger partial charge in [0.05, 0.1) is 5.52 Å². The average Bonchev–Trinajstić information content (AvgIpc) is 2.26. The van der Waals surface area contributed by atoms with Crippen molar-refractivity contribution in [3.63, 3.8) is 0 Å². The highest BCUT2D eigenvalue weighted by Crippen LogP contribution is 2.31. The van der Waals surface area contributed by atoms with E-state index in [9.17, 15) is 18.0 Å². The molecule has 1 N–H and O–H groups in total. The van der Waals surface area contributed by atoms with Crippen LogP contribution in [0.25, 0.3) is 10.9 Å². The first-order valence-corrected chi connectivity index (χ1v) is 5.43. The summed E-state index contributed by atoms with van der Waals surface area (Å²) in [7, 11) is 0. The third-order valence-electron chi connectivity index (χ3n) is 3.23. The zero-order chi connectivity index (χ0) is 13.7. The lowest BCUT2D eigenvalue weighted by molar-refractivity contribution is -0.141. The molecule has 0 amide bonds. The number of hydrogen-bond donors (Lipinski definition) is 1. The standard InChI is InChI=1S/C13H12F3NO/c1-6-4-5-9-10(7(6)2)17-12(13(14,15)16)8(3)11(9)18/h4-5H,1-3H3,(H,17,18). The number of halogens is 3. The first-order valence-electron chi connectivity index (χ1n) is 5.43. The Labute approximate surface area is 101 Å². The molecule has 96 valence electrons. The summed E-state index contributed by atoms with van der Waals surface area (Å²) in [5, 5.41) is 0.295. The van der Waals surface area contributed by atoms with Gasteiger partial charge in [-0.15, -0.1) is 0 Å². The van der Waals surface area contributed by atoms with Crippen molar-refractivity contribution < 1.29 is 13.2 Å². The Morgan fingerprint density at radius 3 is 2.22 bits per heavy atom. The van der Waals surface area contributed by atoms with Crippen molar-refractivity contribution in [3.05, 3.63) is 44.7 Å². The lowest BCUT2D eigenvalue weighted by atomic mass is 10.0. The molecule has 0 bridgehead atoms. The SMILES string of the molecule is Cc1ccc2c(=O)c(C)c(C(F)(F)F)[nH]c2c1C. The summed E-state index contributed by atoms with van der Waals surface area (Å²) in [6.07, 6.45) is -4.55. The number of rotatable bonds is 0. The van der Waals surface area contributed by atoms with Crippen molar-refractivity contribution in [1.29, 1.82) is 0 Å². The first kappa shape index (κ1) is 12.7. The predicted molar refractivity (Wildman–Crippen MR) is 63.8 cm³/mol. The van der Waals surface area contributed by atoms with E-state index in [1.165, 1.54) is 6.92 Å². The van der Waals surface area contributed by atoms with E-state index in [2.05, 4.69) is 4.98 Å². The molecule has 1 aromatic carbocycles. The van der Waals surface area contributed by atoms with E-state index in [4.69, 9.17) is 0 Å². The van der Waals surface area contributed by atoms with Gasteiger partial charge >= 0.3 is 6.18 Å². The Kier molecular flexibility index (Phi) is 2.72. The Morgan fingerprint density at radius 2 is 1.67 bits per heavy atom. The van der Waals surface area contributed by atoms with Crippen molar-refractivity contribution in [1.82, 2.24) is 4.98 Å². The second kappa shape index (κ2) is 3.86. The van der Waals surface area contributed by atoms with Gasteiger partial charge in [0.25, 0.3) is 0 Å². The maximum absolute atomic E-state index is 12.8. The van der Waals surface area contributed by atoms with Gasteiger partial charge in [0, 0.05) is 10.9 Å². The predicted octanol–water partition coefficient (Wildman–Crippen LogP) is 3.47. The van der Waals surface area contributed by atoms with E-state index in [1.807, 2.05) is 0 Å². The minimum Gasteiger partial charge on any atom is -0.350 e. The zero-order valence-electron chi connectivity index (χ0n) is 10.2. The van der Waals surface area contributed by atoms with Gasteiger partial charge in [0.2, 0.25) is 0 Å². The minimum absolute atomic E-state index is 0.262. The molecule has 0 radical (unpaired) electrons. The molecule has 0 spiro atoms. The number of aromatic amines is 1. The van der Waals surface area contributed by atoms with Crippen molar-refractivity contribution in [3.8, 4) is 0 Å². The number of fused-ring (bicyclic) bond motifs is 1. The first-order chi connectivity index (χ1) is 8.23. The number of pyridine rings is 1. The molecular weight excluding hydrogens is 243 g/mol. The molecule has 0 atom stereocenters. The van der Waals surface area contributed by atoms with E-state index in [0.717, 1.165) is 5.56 Å². The van der Waals surface area contributed by atoms with Gasteiger partial charge < -0.3 is 4.98 Å². The zero-order valence-corrected chi connectivity index (χ0v) is 10.2. The Morgan fingerprint density at radius 1 is 1.06 bits per heavy atom. The van der Waals surface area contributed by atoms with E-state index in [0.29, 0.717) is 10.9 Å². The minimum atomic E-state index is -4.55. The lowest BCUT2D eigenvalue weighted by Crippen LogP contribution is -2.19. The normalized spacial score (nSPS) is 12.1. The number of nitrogens with one attached hydrogen (secondary N) is 1. The Balaban J connectivity index is 2.99. The maximum atomic E-state index is 12.8. The van der Waals surface area contributed by atoms with Crippen molar-refractivity contribution in [2.45, 2.75) is 26.9 Å². The molecule has 18 heavy (non-hydrogen) atoms. The lowest BCUT2D eigenvalue weighted by Gasteiger charge is -2.13. The van der Waals surface area contributed by atoms with Gasteiger partial charge in [-0.1, -0.05) is 6.07 Å². The van der Waals surface area contributed by atoms with Crippen LogP contribution in [0.15, 0.2) is 16.9 Å². The molecule has 2 nitrogen and oxygen atoms in total. The Hall–Kier alpha value is -1.78. The van der Waals surface area contributed by atoms with Gasteiger partial charge in [-0.2, -0.15) is 13.2 Å². The number of aromatic nitrogens is 1. The fourth-order valence-corrected chi connectivity index (χ4v) is 1.98. The molecule has 1 heterocycles. The summed E-state index contributed by atoms with van der Waals surface area (Å²) in [4.78, 5) is 14.3. The highest BCUT2D eigenvalue weighted by molar-refractivity contribution is 5.83. The summed E-state index contributed by atoms with van der Waals surface area (Å²) in [5.74, 6) is 0. The number of aryl methyl sites for hydroxylation is 2. The topological polar surface area (TPSA) is 32.9 Å². The maximum Gasteiger partial charge on any atom is 0.431 e. The van der Waals surface area contributed by atoms with Crippen LogP contribution in [0.1, 0.15) is 22.4 Å². The largest absolute Gasteiger partial charge is 0.431 e. The molecule has 0 aliphatic heterocycles. The molecule has 1 aromatic heterocycles. The third-order valence-corrected chi connectivity index (χ3v) is 3.23. The van der Waals surface area contributed by atoms with E-state index >= 15 is 0 Å². The second-order valence-electron chi connectivity index (χ2n) is 4.38. The van der Waals surface area contributed by atoms with E-state index < -0.39 is 17.3 Å². The summed E-state index contributed by atoms with van der Waals surface area (Å²) in [6.45, 7) is 4.68. The molecule has 0 saturated carbocycles. The van der Waals surface area contributed by atoms with Gasteiger partial charge in [0.15, 0.2) is 5.43 Å². The number of alkyl halides is 3. The van der Waals surface area contributed by atoms with Crippen molar-refractivity contribution in [2.24, 2.45) is 0 Å². The quantitative estimate of drug-likeness (QED) is 0.768. The van der Waals surface area contributed by atoms with Crippen molar-refractivity contribution >= 4 is 10.9 Å². The Bertz CT molecular complexity index is 683. The van der Waals surface area contributed by atoms with Crippen molar-refractivity contribution in [2.75, 3.05) is 0 Å². The van der Waals surface area contributed by atoms with Crippen LogP contribution in [-0.2, 0) is 6.18 Å². The van der Waals surface area contributed by atoms with Crippen LogP contribution in [0.2, 0.25) is 0 Å². The highest BCUT2D eigenvalue weighted by Gasteiger charge is 2.35. The molecule has 0 fully saturated rings. The molecule has 0 aliphatic carbocycles. The van der Waals surface area contributed by atoms with E-state index in [-0.39, 0.29) is 11.1 Å². The van der Waals surface area contributed by atoms with Gasteiger partial charge in [-0.05, 0) is 38.0 Å². The van der Waals surface area contributed by atoms with Gasteiger partial charge in [-0.25, -0.2) is 0 Å². The molecule has 5 heteroatoms. The summed E-state index contributed by atoms with van der Waals surface area (Å²) < 4.78 is 38.5. The molecular formula is C13H12F3NO. The second-order valence-corrected chi connectivity index (χ2v) is 4.38. The van der Waals surface area contributed by atoms with Crippen LogP contribution < -0.4 is 5.43 Å². The average molecular weight is 255 g/mol. The van der Waals surface area contributed by atoms with Crippen LogP contribution in [0.4, 0.5) is 13.2 Å². The van der Waals surface area contributed by atoms with Gasteiger partial charge in [0.1, 0.15) is 5.69 Å². The van der Waals surface area contributed by atoms with E-state index in [1.54, 1.807) is 26.0 Å². The fourth-order valence-electron chi connectivity index (χ4n) is 1.98. The fraction of sp³-hybridized carbons (Fsp3) is 0.308. The summed E-state index contributed by atoms with van der Waals surface area (Å²) in [6, 6.07) is 3.29.